The monoisotopic (exact) mass is 252 g/mol. The first-order chi connectivity index (χ1) is 6.56. The van der Waals surface area contributed by atoms with Crippen LogP contribution >= 0.6 is 36.0 Å². The van der Waals surface area contributed by atoms with Crippen LogP contribution in [0.2, 0.25) is 10.0 Å². The van der Waals surface area contributed by atoms with Gasteiger partial charge < -0.3 is 4.74 Å². The summed E-state index contributed by atoms with van der Waals surface area (Å²) in [6.07, 6.45) is 0.680. The molecule has 0 aliphatic heterocycles. The van der Waals surface area contributed by atoms with Gasteiger partial charge in [0, 0.05) is 6.20 Å². The fourth-order valence-electron chi connectivity index (χ4n) is 0.736. The van der Waals surface area contributed by atoms with E-state index in [0.717, 1.165) is 4.31 Å². The number of carbonyl (C=O) groups is 1. The van der Waals surface area contributed by atoms with E-state index in [9.17, 15) is 4.79 Å². The Morgan fingerprint density at radius 2 is 2.29 bits per heavy atom. The highest BCUT2D eigenvalue weighted by atomic mass is 35.5. The Morgan fingerprint density at radius 3 is 2.79 bits per heavy atom. The SMILES string of the molecule is COC(=O)N(S)c1ncc(Cl)cc1Cl. The summed E-state index contributed by atoms with van der Waals surface area (Å²) in [5, 5.41) is 0.600. The van der Waals surface area contributed by atoms with Gasteiger partial charge >= 0.3 is 6.09 Å². The molecule has 0 saturated heterocycles. The summed E-state index contributed by atoms with van der Waals surface area (Å²) in [4.78, 5) is 14.9. The van der Waals surface area contributed by atoms with Crippen LogP contribution in [0.4, 0.5) is 10.6 Å². The summed E-state index contributed by atoms with van der Waals surface area (Å²) in [5.41, 5.74) is 0. The number of ether oxygens (including phenoxy) is 1. The van der Waals surface area contributed by atoms with E-state index in [-0.39, 0.29) is 10.8 Å². The molecule has 0 atom stereocenters. The van der Waals surface area contributed by atoms with Gasteiger partial charge in [-0.3, -0.25) is 0 Å². The Bertz CT molecular complexity index is 362. The van der Waals surface area contributed by atoms with Gasteiger partial charge in [-0.15, -0.1) is 0 Å². The molecule has 0 saturated carbocycles. The number of halogens is 2. The van der Waals surface area contributed by atoms with E-state index in [2.05, 4.69) is 22.5 Å². The van der Waals surface area contributed by atoms with Crippen LogP contribution < -0.4 is 4.31 Å². The summed E-state index contributed by atoms with van der Waals surface area (Å²) in [6.45, 7) is 0. The molecule has 7 heteroatoms. The highest BCUT2D eigenvalue weighted by molar-refractivity contribution is 7.82. The van der Waals surface area contributed by atoms with Gasteiger partial charge in [-0.05, 0) is 6.07 Å². The van der Waals surface area contributed by atoms with Gasteiger partial charge in [-0.2, -0.15) is 0 Å². The maximum Gasteiger partial charge on any atom is 0.425 e. The number of pyridine rings is 1. The Balaban J connectivity index is 3.01. The zero-order chi connectivity index (χ0) is 10.7. The quantitative estimate of drug-likeness (QED) is 0.782. The molecular weight excluding hydrogens is 247 g/mol. The minimum atomic E-state index is -0.676. The van der Waals surface area contributed by atoms with Gasteiger partial charge in [0.25, 0.3) is 0 Å². The Labute approximate surface area is 96.3 Å². The molecule has 0 aliphatic carbocycles. The van der Waals surface area contributed by atoms with E-state index < -0.39 is 6.09 Å². The van der Waals surface area contributed by atoms with Gasteiger partial charge in [0.05, 0.1) is 17.2 Å². The van der Waals surface area contributed by atoms with Crippen molar-refractivity contribution >= 4 is 47.9 Å². The molecule has 0 radical (unpaired) electrons. The van der Waals surface area contributed by atoms with Crippen LogP contribution in [0.25, 0.3) is 0 Å². The second-order valence-corrected chi connectivity index (χ2v) is 3.48. The molecule has 1 heterocycles. The van der Waals surface area contributed by atoms with Crippen molar-refractivity contribution in [2.45, 2.75) is 0 Å². The van der Waals surface area contributed by atoms with E-state index in [0.29, 0.717) is 5.02 Å². The number of rotatable bonds is 1. The van der Waals surface area contributed by atoms with Crippen LogP contribution in [0.15, 0.2) is 12.3 Å². The molecule has 0 unspecified atom stereocenters. The first-order valence-electron chi connectivity index (χ1n) is 3.44. The lowest BCUT2D eigenvalue weighted by molar-refractivity contribution is 0.183. The predicted octanol–water partition coefficient (Wildman–Crippen LogP) is 2.81. The Hall–Kier alpha value is -0.650. The van der Waals surface area contributed by atoms with E-state index >= 15 is 0 Å². The molecule has 0 bridgehead atoms. The van der Waals surface area contributed by atoms with Crippen LogP contribution in [-0.2, 0) is 4.74 Å². The van der Waals surface area contributed by atoms with Crippen molar-refractivity contribution in [3.8, 4) is 0 Å². The third-order valence-electron chi connectivity index (χ3n) is 1.34. The highest BCUT2D eigenvalue weighted by Gasteiger charge is 2.16. The highest BCUT2D eigenvalue weighted by Crippen LogP contribution is 2.27. The minimum absolute atomic E-state index is 0.172. The van der Waals surface area contributed by atoms with Crippen molar-refractivity contribution in [1.29, 1.82) is 0 Å². The van der Waals surface area contributed by atoms with Crippen molar-refractivity contribution in [2.24, 2.45) is 0 Å². The third-order valence-corrected chi connectivity index (χ3v) is 2.17. The molecule has 1 aromatic heterocycles. The number of carbonyl (C=O) groups excluding carboxylic acids is 1. The minimum Gasteiger partial charge on any atom is -0.452 e. The average molecular weight is 253 g/mol. The second kappa shape index (κ2) is 4.72. The average Bonchev–Trinajstić information content (AvgIpc) is 2.15. The number of thiol groups is 1. The lowest BCUT2D eigenvalue weighted by Crippen LogP contribution is -2.21. The topological polar surface area (TPSA) is 42.4 Å². The summed E-state index contributed by atoms with van der Waals surface area (Å²) >= 11 is 15.3. The molecule has 14 heavy (non-hydrogen) atoms. The van der Waals surface area contributed by atoms with Crippen molar-refractivity contribution < 1.29 is 9.53 Å². The number of hydrogen-bond acceptors (Lipinski definition) is 4. The molecule has 1 rings (SSSR count). The fraction of sp³-hybridized carbons (Fsp3) is 0.143. The number of anilines is 1. The van der Waals surface area contributed by atoms with Crippen molar-refractivity contribution in [3.05, 3.63) is 22.3 Å². The predicted molar refractivity (Wildman–Crippen MR) is 58.1 cm³/mol. The molecule has 1 aromatic rings. The molecule has 0 N–H and O–H groups in total. The van der Waals surface area contributed by atoms with Gasteiger partial charge in [-0.1, -0.05) is 36.0 Å². The smallest absolute Gasteiger partial charge is 0.425 e. The Kier molecular flexibility index (Phi) is 3.86. The number of aromatic nitrogens is 1. The zero-order valence-electron chi connectivity index (χ0n) is 7.07. The van der Waals surface area contributed by atoms with Gasteiger partial charge in [0.2, 0.25) is 0 Å². The van der Waals surface area contributed by atoms with Crippen LogP contribution in [0.5, 0.6) is 0 Å². The molecular formula is C7H6Cl2N2O2S. The number of amides is 1. The number of methoxy groups -OCH3 is 1. The standard InChI is InChI=1S/C7H6Cl2N2O2S/c1-13-7(12)11(14)6-5(9)2-4(8)3-10-6/h2-3,14H,1H3. The largest absolute Gasteiger partial charge is 0.452 e. The lowest BCUT2D eigenvalue weighted by Gasteiger charge is -2.13. The number of nitrogens with zero attached hydrogens (tertiary/aromatic N) is 2. The molecule has 4 nitrogen and oxygen atoms in total. The maximum absolute atomic E-state index is 11.0. The zero-order valence-corrected chi connectivity index (χ0v) is 9.48. The van der Waals surface area contributed by atoms with E-state index in [1.165, 1.54) is 19.4 Å². The summed E-state index contributed by atoms with van der Waals surface area (Å²) in [5.74, 6) is 0.172. The van der Waals surface area contributed by atoms with Crippen LogP contribution in [0.1, 0.15) is 0 Å². The maximum atomic E-state index is 11.0. The van der Waals surface area contributed by atoms with E-state index in [4.69, 9.17) is 23.2 Å². The number of hydrogen-bond donors (Lipinski definition) is 1. The molecule has 0 fully saturated rings. The van der Waals surface area contributed by atoms with Gasteiger partial charge in [-0.25, -0.2) is 14.1 Å². The summed E-state index contributed by atoms with van der Waals surface area (Å²) < 4.78 is 5.32. The van der Waals surface area contributed by atoms with E-state index in [1.54, 1.807) is 0 Å². The van der Waals surface area contributed by atoms with Crippen molar-refractivity contribution in [3.63, 3.8) is 0 Å². The molecule has 76 valence electrons. The van der Waals surface area contributed by atoms with Gasteiger partial charge in [0.1, 0.15) is 0 Å². The molecule has 0 aliphatic rings. The summed E-state index contributed by atoms with van der Waals surface area (Å²) in [7, 11) is 1.23. The van der Waals surface area contributed by atoms with E-state index in [1.807, 2.05) is 0 Å². The first kappa shape index (κ1) is 11.4. The van der Waals surface area contributed by atoms with Gasteiger partial charge in [0.15, 0.2) is 5.82 Å². The molecule has 1 amide bonds. The molecule has 0 aromatic carbocycles. The first-order valence-corrected chi connectivity index (χ1v) is 4.60. The summed E-state index contributed by atoms with van der Waals surface area (Å²) in [6, 6.07) is 1.46. The third kappa shape index (κ3) is 2.43. The van der Waals surface area contributed by atoms with Crippen molar-refractivity contribution in [2.75, 3.05) is 11.4 Å². The lowest BCUT2D eigenvalue weighted by atomic mass is 10.4. The Morgan fingerprint density at radius 1 is 1.64 bits per heavy atom. The van der Waals surface area contributed by atoms with Crippen LogP contribution in [0.3, 0.4) is 0 Å². The van der Waals surface area contributed by atoms with Crippen LogP contribution in [0, 0.1) is 0 Å². The fourth-order valence-corrected chi connectivity index (χ4v) is 1.50. The molecule has 0 spiro atoms. The van der Waals surface area contributed by atoms with Crippen molar-refractivity contribution in [1.82, 2.24) is 4.98 Å². The van der Waals surface area contributed by atoms with Crippen LogP contribution in [-0.4, -0.2) is 18.2 Å². The second-order valence-electron chi connectivity index (χ2n) is 2.24. The normalized spacial score (nSPS) is 9.71.